The molecule has 2 heterocycles. The van der Waals surface area contributed by atoms with Gasteiger partial charge in [-0.1, -0.05) is 11.3 Å². The summed E-state index contributed by atoms with van der Waals surface area (Å²) >= 11 is 0. The van der Waals surface area contributed by atoms with Crippen LogP contribution in [-0.4, -0.2) is 53.4 Å². The predicted octanol–water partition coefficient (Wildman–Crippen LogP) is 2.25. The van der Waals surface area contributed by atoms with E-state index in [-0.39, 0.29) is 11.9 Å². The first-order valence-corrected chi connectivity index (χ1v) is 11.5. The van der Waals surface area contributed by atoms with E-state index in [1.807, 2.05) is 0 Å². The van der Waals surface area contributed by atoms with Crippen molar-refractivity contribution in [2.45, 2.75) is 55.5 Å². The van der Waals surface area contributed by atoms with E-state index in [0.29, 0.717) is 31.4 Å². The highest BCUT2D eigenvalue weighted by molar-refractivity contribution is 7.89. The van der Waals surface area contributed by atoms with E-state index < -0.39 is 32.6 Å². The molecule has 0 radical (unpaired) electrons. The molecular weight excluding hydrogens is 416 g/mol. The lowest BCUT2D eigenvalue weighted by Crippen LogP contribution is -2.38. The molecule has 1 aliphatic heterocycles. The molecule has 0 atom stereocenters. The number of rotatable bonds is 5. The number of hydrogen-bond donors (Lipinski definition) is 1. The quantitative estimate of drug-likeness (QED) is 0.771. The molecule has 11 heteroatoms. The average molecular weight is 439 g/mol. The number of sulfonamides is 1. The molecule has 1 aromatic heterocycles. The van der Waals surface area contributed by atoms with Gasteiger partial charge in [0.2, 0.25) is 10.0 Å². The van der Waals surface area contributed by atoms with Crippen molar-refractivity contribution < 1.29 is 22.0 Å². The maximum absolute atomic E-state index is 13.9. The Kier molecular flexibility index (Phi) is 5.83. The number of hydrogen-bond acceptors (Lipinski definition) is 5. The number of aromatic nitrogens is 3. The largest absolute Gasteiger partial charge is 0.337 e. The van der Waals surface area contributed by atoms with Gasteiger partial charge in [0.15, 0.2) is 10.6 Å². The second-order valence-electron chi connectivity index (χ2n) is 7.76. The first-order valence-electron chi connectivity index (χ1n) is 10.0. The molecule has 1 saturated heterocycles. The summed E-state index contributed by atoms with van der Waals surface area (Å²) in [4.78, 5) is 13.2. The van der Waals surface area contributed by atoms with Crippen molar-refractivity contribution in [2.24, 2.45) is 0 Å². The van der Waals surface area contributed by atoms with Gasteiger partial charge in [0.25, 0.3) is 5.91 Å². The van der Waals surface area contributed by atoms with Crippen LogP contribution in [-0.2, 0) is 10.0 Å². The Labute approximate surface area is 173 Å². The standard InChI is InChI=1S/C19H23F2N5O3S/c20-15-4-3-5-16(21)18(15)30(28,29)23-13-6-8-14(9-7-13)26-12-17(22-24-26)19(27)25-10-1-2-11-25/h3-5,12-14,23H,1-2,6-11H2. The van der Waals surface area contributed by atoms with Gasteiger partial charge < -0.3 is 4.90 Å². The van der Waals surface area contributed by atoms with E-state index in [1.165, 1.54) is 0 Å². The molecule has 1 N–H and O–H groups in total. The second-order valence-corrected chi connectivity index (χ2v) is 9.41. The zero-order chi connectivity index (χ0) is 21.3. The van der Waals surface area contributed by atoms with Gasteiger partial charge in [-0.05, 0) is 50.7 Å². The van der Waals surface area contributed by atoms with Gasteiger partial charge in [0.05, 0.1) is 12.2 Å². The molecule has 2 fully saturated rings. The Bertz CT molecular complexity index is 1010. The van der Waals surface area contributed by atoms with Crippen LogP contribution < -0.4 is 4.72 Å². The third-order valence-corrected chi connectivity index (χ3v) is 7.27. The first-order chi connectivity index (χ1) is 14.3. The second kappa shape index (κ2) is 8.38. The summed E-state index contributed by atoms with van der Waals surface area (Å²) in [6.45, 7) is 1.47. The van der Waals surface area contributed by atoms with Crippen molar-refractivity contribution in [3.05, 3.63) is 41.7 Å². The Morgan fingerprint density at radius 2 is 1.70 bits per heavy atom. The first kappa shape index (κ1) is 20.9. The number of nitrogens with one attached hydrogen (secondary N) is 1. The molecule has 162 valence electrons. The normalized spacial score (nSPS) is 22.4. The number of likely N-dealkylation sites (tertiary alicyclic amines) is 1. The molecule has 1 saturated carbocycles. The summed E-state index contributed by atoms with van der Waals surface area (Å²) in [7, 11) is -4.30. The summed E-state index contributed by atoms with van der Waals surface area (Å²) in [5, 5.41) is 8.08. The van der Waals surface area contributed by atoms with E-state index in [0.717, 1.165) is 44.1 Å². The van der Waals surface area contributed by atoms with Crippen LogP contribution in [0.15, 0.2) is 29.3 Å². The van der Waals surface area contributed by atoms with Crippen LogP contribution in [0.25, 0.3) is 0 Å². The van der Waals surface area contributed by atoms with Gasteiger partial charge in [-0.15, -0.1) is 5.10 Å². The summed E-state index contributed by atoms with van der Waals surface area (Å²) in [6.07, 6.45) is 5.81. The lowest BCUT2D eigenvalue weighted by molar-refractivity contribution is 0.0787. The van der Waals surface area contributed by atoms with Crippen molar-refractivity contribution in [3.8, 4) is 0 Å². The SMILES string of the molecule is O=C(c1cn(C2CCC(NS(=O)(=O)c3c(F)cccc3F)CC2)nn1)N1CCCC1. The summed E-state index contributed by atoms with van der Waals surface area (Å²) in [5.74, 6) is -2.35. The summed E-state index contributed by atoms with van der Waals surface area (Å²) in [5.41, 5.74) is 0.315. The van der Waals surface area contributed by atoms with Crippen LogP contribution in [0.4, 0.5) is 8.78 Å². The maximum Gasteiger partial charge on any atom is 0.276 e. The zero-order valence-corrected chi connectivity index (χ0v) is 17.1. The minimum Gasteiger partial charge on any atom is -0.337 e. The number of carbonyl (C=O) groups excluding carboxylic acids is 1. The Morgan fingerprint density at radius 3 is 2.33 bits per heavy atom. The van der Waals surface area contributed by atoms with E-state index in [2.05, 4.69) is 15.0 Å². The number of halogens is 2. The van der Waals surface area contributed by atoms with Gasteiger partial charge in [-0.2, -0.15) is 0 Å². The lowest BCUT2D eigenvalue weighted by Gasteiger charge is -2.28. The Hall–Kier alpha value is -2.40. The van der Waals surface area contributed by atoms with Gasteiger partial charge in [0.1, 0.15) is 11.6 Å². The molecule has 8 nitrogen and oxygen atoms in total. The molecule has 0 spiro atoms. The number of benzene rings is 1. The van der Waals surface area contributed by atoms with E-state index in [1.54, 1.807) is 15.8 Å². The van der Waals surface area contributed by atoms with Gasteiger partial charge in [-0.25, -0.2) is 26.6 Å². The molecule has 2 aromatic rings. The van der Waals surface area contributed by atoms with Crippen LogP contribution >= 0.6 is 0 Å². The monoisotopic (exact) mass is 439 g/mol. The fourth-order valence-electron chi connectivity index (χ4n) is 4.11. The van der Waals surface area contributed by atoms with Crippen LogP contribution in [0.5, 0.6) is 0 Å². The fourth-order valence-corrected chi connectivity index (χ4v) is 5.55. The van der Waals surface area contributed by atoms with Crippen LogP contribution in [0.3, 0.4) is 0 Å². The highest BCUT2D eigenvalue weighted by Gasteiger charge is 2.31. The minimum absolute atomic E-state index is 0.0106. The Balaban J connectivity index is 1.37. The van der Waals surface area contributed by atoms with Crippen LogP contribution in [0.2, 0.25) is 0 Å². The molecule has 30 heavy (non-hydrogen) atoms. The van der Waals surface area contributed by atoms with Crippen molar-refractivity contribution >= 4 is 15.9 Å². The number of amides is 1. The zero-order valence-electron chi connectivity index (χ0n) is 16.3. The Morgan fingerprint density at radius 1 is 1.07 bits per heavy atom. The highest BCUT2D eigenvalue weighted by Crippen LogP contribution is 2.29. The number of carbonyl (C=O) groups is 1. The minimum atomic E-state index is -4.30. The van der Waals surface area contributed by atoms with Crippen molar-refractivity contribution in [3.63, 3.8) is 0 Å². The molecule has 0 bridgehead atoms. The van der Waals surface area contributed by atoms with Gasteiger partial charge in [0, 0.05) is 19.1 Å². The maximum atomic E-state index is 13.9. The van der Waals surface area contributed by atoms with Crippen LogP contribution in [0.1, 0.15) is 55.1 Å². The molecule has 1 aliphatic carbocycles. The lowest BCUT2D eigenvalue weighted by atomic mass is 9.92. The van der Waals surface area contributed by atoms with E-state index in [4.69, 9.17) is 0 Å². The summed E-state index contributed by atoms with van der Waals surface area (Å²) in [6, 6.07) is 2.51. The average Bonchev–Trinajstić information content (AvgIpc) is 3.40. The fraction of sp³-hybridized carbons (Fsp3) is 0.526. The van der Waals surface area contributed by atoms with E-state index >= 15 is 0 Å². The van der Waals surface area contributed by atoms with Gasteiger partial charge >= 0.3 is 0 Å². The smallest absolute Gasteiger partial charge is 0.276 e. The topological polar surface area (TPSA) is 97.2 Å². The van der Waals surface area contributed by atoms with Crippen LogP contribution in [0, 0.1) is 11.6 Å². The molecule has 1 aromatic carbocycles. The highest BCUT2D eigenvalue weighted by atomic mass is 32.2. The molecule has 0 unspecified atom stereocenters. The third kappa shape index (κ3) is 4.22. The predicted molar refractivity (Wildman–Crippen MR) is 103 cm³/mol. The third-order valence-electron chi connectivity index (χ3n) is 5.70. The molecule has 2 aliphatic rings. The molecule has 4 rings (SSSR count). The van der Waals surface area contributed by atoms with Crippen molar-refractivity contribution in [2.75, 3.05) is 13.1 Å². The molecule has 1 amide bonds. The van der Waals surface area contributed by atoms with Gasteiger partial charge in [-0.3, -0.25) is 4.79 Å². The molecular formula is C19H23F2N5O3S. The van der Waals surface area contributed by atoms with Crippen molar-refractivity contribution in [1.29, 1.82) is 0 Å². The summed E-state index contributed by atoms with van der Waals surface area (Å²) < 4.78 is 56.7. The van der Waals surface area contributed by atoms with Crippen molar-refractivity contribution in [1.82, 2.24) is 24.6 Å². The van der Waals surface area contributed by atoms with E-state index in [9.17, 15) is 22.0 Å². The number of nitrogens with zero attached hydrogens (tertiary/aromatic N) is 4.